The van der Waals surface area contributed by atoms with Crippen molar-refractivity contribution in [1.29, 1.82) is 0 Å². The monoisotopic (exact) mass is 282 g/mol. The summed E-state index contributed by atoms with van der Waals surface area (Å²) in [6.07, 6.45) is 0.158. The van der Waals surface area contributed by atoms with E-state index in [0.29, 0.717) is 11.7 Å². The normalized spacial score (nSPS) is 21.7. The van der Waals surface area contributed by atoms with Gasteiger partial charge in [-0.05, 0) is 5.21 Å². The highest BCUT2D eigenvalue weighted by atomic mass is 35.7. The fraction of sp³-hybridized carbons (Fsp3) is 0.667. The lowest BCUT2D eigenvalue weighted by Crippen LogP contribution is -2.25. The third-order valence-corrected chi connectivity index (χ3v) is 4.03. The maximum atomic E-state index is 11.6. The summed E-state index contributed by atoms with van der Waals surface area (Å²) in [5.41, 5.74) is 0. The molecule has 0 bridgehead atoms. The zero-order valence-corrected chi connectivity index (χ0v) is 10.3. The second-order valence-corrected chi connectivity index (χ2v) is 6.96. The zero-order valence-electron chi connectivity index (χ0n) is 7.91. The van der Waals surface area contributed by atoms with Crippen molar-refractivity contribution in [2.75, 3.05) is 17.2 Å². The summed E-state index contributed by atoms with van der Waals surface area (Å²) in [6.45, 7) is 0.293. The van der Waals surface area contributed by atoms with Gasteiger partial charge in [-0.3, -0.25) is 9.69 Å². The second-order valence-electron chi connectivity index (χ2n) is 3.42. The van der Waals surface area contributed by atoms with Crippen LogP contribution in [0.25, 0.3) is 0 Å². The van der Waals surface area contributed by atoms with E-state index < -0.39 is 9.05 Å². The Kier molecular flexibility index (Phi) is 3.08. The van der Waals surface area contributed by atoms with Crippen LogP contribution >= 0.6 is 22.2 Å². The molecule has 0 N–H and O–H groups in total. The van der Waals surface area contributed by atoms with Crippen molar-refractivity contribution < 1.29 is 13.2 Å². The van der Waals surface area contributed by atoms with E-state index in [4.69, 9.17) is 10.7 Å². The quantitative estimate of drug-likeness (QED) is 0.716. The van der Waals surface area contributed by atoms with Gasteiger partial charge in [0.15, 0.2) is 0 Å². The molecule has 1 fully saturated rings. The standard InChI is InChI=1S/C6H7ClN4O3S2/c7-16(13,14)3-4-1-5(12)11(2-4)6-8-9-10-15-6/h4H,1-3H2. The molecule has 1 aliphatic heterocycles. The van der Waals surface area contributed by atoms with Crippen molar-refractivity contribution >= 4 is 42.3 Å². The van der Waals surface area contributed by atoms with Crippen LogP contribution in [-0.4, -0.2) is 41.4 Å². The minimum Gasteiger partial charge on any atom is -0.285 e. The van der Waals surface area contributed by atoms with Gasteiger partial charge in [0.25, 0.3) is 0 Å². The van der Waals surface area contributed by atoms with Crippen molar-refractivity contribution in [2.24, 2.45) is 5.92 Å². The van der Waals surface area contributed by atoms with Gasteiger partial charge in [0, 0.05) is 41.1 Å². The van der Waals surface area contributed by atoms with Crippen molar-refractivity contribution in [1.82, 2.24) is 14.8 Å². The van der Waals surface area contributed by atoms with E-state index in [-0.39, 0.29) is 24.0 Å². The Morgan fingerprint density at radius 2 is 2.31 bits per heavy atom. The molecule has 16 heavy (non-hydrogen) atoms. The van der Waals surface area contributed by atoms with Crippen LogP contribution in [0.2, 0.25) is 0 Å². The molecule has 0 saturated carbocycles. The molecule has 0 spiro atoms. The lowest BCUT2D eigenvalue weighted by atomic mass is 10.1. The average molecular weight is 283 g/mol. The van der Waals surface area contributed by atoms with Crippen LogP contribution in [0.15, 0.2) is 0 Å². The van der Waals surface area contributed by atoms with Crippen LogP contribution < -0.4 is 4.90 Å². The van der Waals surface area contributed by atoms with E-state index in [1.807, 2.05) is 0 Å². The molecule has 2 heterocycles. The van der Waals surface area contributed by atoms with Gasteiger partial charge in [-0.2, -0.15) is 0 Å². The molecule has 1 saturated heterocycles. The Bertz CT molecular complexity index is 488. The van der Waals surface area contributed by atoms with Crippen molar-refractivity contribution in [3.8, 4) is 0 Å². The number of halogens is 1. The molecular weight excluding hydrogens is 276 g/mol. The van der Waals surface area contributed by atoms with Gasteiger partial charge in [-0.15, -0.1) is 0 Å². The lowest BCUT2D eigenvalue weighted by Gasteiger charge is -2.10. The first-order valence-corrected chi connectivity index (χ1v) is 7.58. The summed E-state index contributed by atoms with van der Waals surface area (Å²) in [4.78, 5) is 13.0. The van der Waals surface area contributed by atoms with Crippen LogP contribution in [-0.2, 0) is 13.8 Å². The van der Waals surface area contributed by atoms with Crippen molar-refractivity contribution in [3.05, 3.63) is 0 Å². The Labute approximate surface area is 100.0 Å². The molecule has 1 aromatic heterocycles. The number of carbonyl (C=O) groups is 1. The zero-order chi connectivity index (χ0) is 11.8. The van der Waals surface area contributed by atoms with Gasteiger partial charge in [-0.1, -0.05) is 9.59 Å². The Balaban J connectivity index is 2.08. The Morgan fingerprint density at radius 1 is 1.56 bits per heavy atom. The highest BCUT2D eigenvalue weighted by molar-refractivity contribution is 8.13. The second kappa shape index (κ2) is 4.22. The molecule has 1 aliphatic rings. The topological polar surface area (TPSA) is 93.1 Å². The van der Waals surface area contributed by atoms with Crippen LogP contribution in [0.1, 0.15) is 6.42 Å². The van der Waals surface area contributed by atoms with Crippen molar-refractivity contribution in [3.63, 3.8) is 0 Å². The molecule has 10 heteroatoms. The molecular formula is C6H7ClN4O3S2. The Hall–Kier alpha value is -0.800. The summed E-state index contributed by atoms with van der Waals surface area (Å²) in [7, 11) is 1.56. The molecule has 0 aliphatic carbocycles. The highest BCUT2D eigenvalue weighted by Crippen LogP contribution is 2.26. The molecule has 88 valence electrons. The largest absolute Gasteiger partial charge is 0.285 e. The molecule has 7 nitrogen and oxygen atoms in total. The molecule has 1 atom stereocenters. The summed E-state index contributed by atoms with van der Waals surface area (Å²) in [6, 6.07) is 0. The SMILES string of the molecule is O=C1CC(CS(=O)(=O)Cl)CN1c1nnns1. The number of hydrogen-bond donors (Lipinski definition) is 0. The maximum absolute atomic E-state index is 11.6. The number of hydrogen-bond acceptors (Lipinski definition) is 7. The Morgan fingerprint density at radius 3 is 2.88 bits per heavy atom. The minimum atomic E-state index is -3.58. The average Bonchev–Trinajstić information content (AvgIpc) is 2.71. The van der Waals surface area contributed by atoms with E-state index in [1.165, 1.54) is 4.90 Å². The van der Waals surface area contributed by atoms with Gasteiger partial charge >= 0.3 is 0 Å². The lowest BCUT2D eigenvalue weighted by molar-refractivity contribution is -0.117. The van der Waals surface area contributed by atoms with Crippen molar-refractivity contribution in [2.45, 2.75) is 6.42 Å². The predicted molar refractivity (Wildman–Crippen MR) is 57.8 cm³/mol. The first-order chi connectivity index (χ1) is 7.46. The summed E-state index contributed by atoms with van der Waals surface area (Å²) < 4.78 is 25.3. The van der Waals surface area contributed by atoms with Gasteiger partial charge in [0.1, 0.15) is 0 Å². The molecule has 1 unspecified atom stereocenters. The van der Waals surface area contributed by atoms with E-state index in [1.54, 1.807) is 0 Å². The molecule has 1 amide bonds. The smallest absolute Gasteiger partial charge is 0.234 e. The third-order valence-electron chi connectivity index (χ3n) is 2.16. The van der Waals surface area contributed by atoms with Crippen LogP contribution in [0, 0.1) is 5.92 Å². The molecule has 0 aromatic carbocycles. The van der Waals surface area contributed by atoms with E-state index in [9.17, 15) is 13.2 Å². The van der Waals surface area contributed by atoms with E-state index in [0.717, 1.165) is 11.5 Å². The van der Waals surface area contributed by atoms with Gasteiger partial charge < -0.3 is 0 Å². The van der Waals surface area contributed by atoms with Gasteiger partial charge in [0.05, 0.1) is 5.75 Å². The number of nitrogens with zero attached hydrogens (tertiary/aromatic N) is 4. The minimum absolute atomic E-state index is 0.158. The first kappa shape index (κ1) is 11.7. The number of aromatic nitrogens is 3. The summed E-state index contributed by atoms with van der Waals surface area (Å²) in [5.74, 6) is -0.675. The molecule has 1 aromatic rings. The van der Waals surface area contributed by atoms with Gasteiger partial charge in [-0.25, -0.2) is 8.42 Å². The van der Waals surface area contributed by atoms with E-state index >= 15 is 0 Å². The number of carbonyl (C=O) groups excluding carboxylic acids is 1. The summed E-state index contributed by atoms with van der Waals surface area (Å²) >= 11 is 0.994. The maximum Gasteiger partial charge on any atom is 0.234 e. The molecule has 0 radical (unpaired) electrons. The van der Waals surface area contributed by atoms with E-state index in [2.05, 4.69) is 14.8 Å². The number of anilines is 1. The molecule has 2 rings (SSSR count). The third kappa shape index (κ3) is 2.66. The van der Waals surface area contributed by atoms with Crippen LogP contribution in [0.3, 0.4) is 0 Å². The van der Waals surface area contributed by atoms with Crippen LogP contribution in [0.4, 0.5) is 5.13 Å². The number of rotatable bonds is 3. The highest BCUT2D eigenvalue weighted by Gasteiger charge is 2.34. The fourth-order valence-electron chi connectivity index (χ4n) is 1.59. The summed E-state index contributed by atoms with van der Waals surface area (Å²) in [5, 5.41) is 7.43. The number of amides is 1. The fourth-order valence-corrected chi connectivity index (χ4v) is 3.41. The van der Waals surface area contributed by atoms with Crippen LogP contribution in [0.5, 0.6) is 0 Å². The predicted octanol–water partition coefficient (Wildman–Crippen LogP) is -0.145. The van der Waals surface area contributed by atoms with Gasteiger partial charge in [0.2, 0.25) is 20.1 Å². The first-order valence-electron chi connectivity index (χ1n) is 4.33.